The zero-order valence-electron chi connectivity index (χ0n) is 19.8. The molecular weight excluding hydrogens is 416 g/mol. The second-order valence-corrected chi connectivity index (χ2v) is 8.81. The van der Waals surface area contributed by atoms with E-state index < -0.39 is 18.5 Å². The zero-order chi connectivity index (χ0) is 23.8. The normalized spacial score (nSPS) is 14.9. The Morgan fingerprint density at radius 1 is 1.00 bits per heavy atom. The molecule has 0 bridgehead atoms. The number of benzene rings is 2. The van der Waals surface area contributed by atoms with E-state index in [0.717, 1.165) is 32.1 Å². The maximum Gasteiger partial charge on any atom is 0.339 e. The van der Waals surface area contributed by atoms with Gasteiger partial charge in [0.1, 0.15) is 0 Å². The Hall–Kier alpha value is -3.15. The number of ether oxygens (including phenoxy) is 1. The van der Waals surface area contributed by atoms with E-state index in [1.165, 1.54) is 12.0 Å². The van der Waals surface area contributed by atoms with Crippen LogP contribution < -0.4 is 5.32 Å². The van der Waals surface area contributed by atoms with E-state index in [9.17, 15) is 14.4 Å². The summed E-state index contributed by atoms with van der Waals surface area (Å²) >= 11 is 0. The molecule has 2 aromatic carbocycles. The molecule has 0 aromatic heterocycles. The zero-order valence-corrected chi connectivity index (χ0v) is 19.8. The monoisotopic (exact) mass is 450 g/mol. The number of nitrogens with one attached hydrogen (secondary N) is 1. The lowest BCUT2D eigenvalue weighted by Crippen LogP contribution is -2.39. The van der Waals surface area contributed by atoms with Crippen LogP contribution in [-0.4, -0.2) is 42.4 Å². The van der Waals surface area contributed by atoms with Crippen molar-refractivity contribution in [3.8, 4) is 0 Å². The molecule has 1 atom stereocenters. The van der Waals surface area contributed by atoms with Crippen molar-refractivity contribution in [2.75, 3.05) is 19.0 Å². The summed E-state index contributed by atoms with van der Waals surface area (Å²) in [5, 5.41) is 2.74. The van der Waals surface area contributed by atoms with Gasteiger partial charge in [0.05, 0.1) is 11.1 Å². The summed E-state index contributed by atoms with van der Waals surface area (Å²) in [6.45, 7) is 3.87. The fourth-order valence-electron chi connectivity index (χ4n) is 4.21. The molecule has 2 aromatic rings. The van der Waals surface area contributed by atoms with Gasteiger partial charge in [0.25, 0.3) is 11.8 Å². The number of amides is 2. The minimum Gasteiger partial charge on any atom is -0.452 e. The van der Waals surface area contributed by atoms with Crippen LogP contribution >= 0.6 is 0 Å². The molecule has 2 amide bonds. The number of anilines is 1. The molecule has 1 aliphatic rings. The van der Waals surface area contributed by atoms with Gasteiger partial charge in [-0.3, -0.25) is 9.59 Å². The highest BCUT2D eigenvalue weighted by molar-refractivity contribution is 6.06. The Balaban J connectivity index is 1.59. The molecule has 176 valence electrons. The molecule has 0 radical (unpaired) electrons. The van der Waals surface area contributed by atoms with Gasteiger partial charge in [-0.1, -0.05) is 57.4 Å². The largest absolute Gasteiger partial charge is 0.452 e. The summed E-state index contributed by atoms with van der Waals surface area (Å²) in [7, 11) is 1.79. The molecule has 0 heterocycles. The van der Waals surface area contributed by atoms with Crippen molar-refractivity contribution in [1.82, 2.24) is 4.90 Å². The number of nitrogens with zero attached hydrogens (tertiary/aromatic N) is 1. The molecule has 0 spiro atoms. The molecule has 6 nitrogen and oxygen atoms in total. The van der Waals surface area contributed by atoms with Crippen LogP contribution in [0.4, 0.5) is 5.69 Å². The van der Waals surface area contributed by atoms with Gasteiger partial charge in [-0.05, 0) is 55.0 Å². The maximum atomic E-state index is 13.1. The van der Waals surface area contributed by atoms with Crippen LogP contribution in [0.3, 0.4) is 0 Å². The van der Waals surface area contributed by atoms with Gasteiger partial charge in [0, 0.05) is 18.8 Å². The van der Waals surface area contributed by atoms with Crippen LogP contribution in [0.5, 0.6) is 0 Å². The highest BCUT2D eigenvalue weighted by Gasteiger charge is 2.26. The number of hydrogen-bond donors (Lipinski definition) is 1. The van der Waals surface area contributed by atoms with Gasteiger partial charge in [0.15, 0.2) is 6.61 Å². The van der Waals surface area contributed by atoms with Crippen molar-refractivity contribution in [2.24, 2.45) is 0 Å². The van der Waals surface area contributed by atoms with Gasteiger partial charge < -0.3 is 15.0 Å². The van der Waals surface area contributed by atoms with Gasteiger partial charge in [0.2, 0.25) is 0 Å². The highest BCUT2D eigenvalue weighted by atomic mass is 16.5. The molecule has 3 rings (SSSR count). The topological polar surface area (TPSA) is 75.7 Å². The van der Waals surface area contributed by atoms with E-state index in [-0.39, 0.29) is 17.5 Å². The Bertz CT molecular complexity index is 964. The number of rotatable bonds is 8. The van der Waals surface area contributed by atoms with Crippen molar-refractivity contribution < 1.29 is 19.1 Å². The average Bonchev–Trinajstić information content (AvgIpc) is 2.86. The summed E-state index contributed by atoms with van der Waals surface area (Å²) < 4.78 is 5.24. The van der Waals surface area contributed by atoms with Gasteiger partial charge in [-0.25, -0.2) is 4.79 Å². The maximum absolute atomic E-state index is 13.1. The van der Waals surface area contributed by atoms with Crippen LogP contribution in [-0.2, 0) is 9.53 Å². The highest BCUT2D eigenvalue weighted by Crippen LogP contribution is 2.24. The lowest BCUT2D eigenvalue weighted by atomic mass is 9.94. The summed E-state index contributed by atoms with van der Waals surface area (Å²) in [6, 6.07) is 14.5. The lowest BCUT2D eigenvalue weighted by Gasteiger charge is -2.31. The fourth-order valence-corrected chi connectivity index (χ4v) is 4.21. The van der Waals surface area contributed by atoms with Crippen LogP contribution in [0, 0.1) is 0 Å². The first-order valence-corrected chi connectivity index (χ1v) is 11.8. The van der Waals surface area contributed by atoms with E-state index in [0.29, 0.717) is 17.2 Å². The Morgan fingerprint density at radius 2 is 1.64 bits per heavy atom. The Morgan fingerprint density at radius 3 is 2.27 bits per heavy atom. The van der Waals surface area contributed by atoms with Crippen molar-refractivity contribution in [2.45, 2.75) is 64.3 Å². The molecule has 1 unspecified atom stereocenters. The third-order valence-corrected chi connectivity index (χ3v) is 6.53. The second-order valence-electron chi connectivity index (χ2n) is 8.81. The lowest BCUT2D eigenvalue weighted by molar-refractivity contribution is -0.119. The van der Waals surface area contributed by atoms with Crippen molar-refractivity contribution in [1.29, 1.82) is 0 Å². The van der Waals surface area contributed by atoms with Crippen molar-refractivity contribution in [3.05, 3.63) is 65.2 Å². The molecule has 33 heavy (non-hydrogen) atoms. The molecule has 1 N–H and O–H groups in total. The molecule has 1 saturated carbocycles. The number of carbonyl (C=O) groups excluding carboxylic acids is 3. The summed E-state index contributed by atoms with van der Waals surface area (Å²) in [5.74, 6) is -0.850. The summed E-state index contributed by atoms with van der Waals surface area (Å²) in [5.41, 5.74) is 2.33. The predicted molar refractivity (Wildman–Crippen MR) is 129 cm³/mol. The third kappa shape index (κ3) is 6.44. The van der Waals surface area contributed by atoms with Crippen LogP contribution in [0.25, 0.3) is 0 Å². The van der Waals surface area contributed by atoms with E-state index in [4.69, 9.17) is 4.74 Å². The van der Waals surface area contributed by atoms with Crippen LogP contribution in [0.15, 0.2) is 48.5 Å². The first-order valence-electron chi connectivity index (χ1n) is 11.8. The van der Waals surface area contributed by atoms with E-state index in [1.54, 1.807) is 36.2 Å². The number of hydrogen-bond acceptors (Lipinski definition) is 4. The Labute approximate surface area is 196 Å². The van der Waals surface area contributed by atoms with Gasteiger partial charge >= 0.3 is 5.97 Å². The third-order valence-electron chi connectivity index (χ3n) is 6.53. The Kier molecular flexibility index (Phi) is 8.64. The summed E-state index contributed by atoms with van der Waals surface area (Å²) in [4.78, 5) is 39.8. The minimum atomic E-state index is -0.682. The van der Waals surface area contributed by atoms with E-state index in [2.05, 4.69) is 19.2 Å². The molecular formula is C27H34N2O4. The average molecular weight is 451 g/mol. The number of carbonyl (C=O) groups is 3. The van der Waals surface area contributed by atoms with Crippen LogP contribution in [0.1, 0.15) is 84.6 Å². The molecule has 0 aliphatic heterocycles. The quantitative estimate of drug-likeness (QED) is 0.546. The van der Waals surface area contributed by atoms with Crippen LogP contribution in [0.2, 0.25) is 0 Å². The first-order chi connectivity index (χ1) is 15.9. The molecule has 0 saturated heterocycles. The van der Waals surface area contributed by atoms with Crippen molar-refractivity contribution >= 4 is 23.5 Å². The van der Waals surface area contributed by atoms with Gasteiger partial charge in [-0.2, -0.15) is 0 Å². The fraction of sp³-hybridized carbons (Fsp3) is 0.444. The smallest absolute Gasteiger partial charge is 0.339 e. The second kappa shape index (κ2) is 11.6. The first kappa shape index (κ1) is 24.5. The molecule has 1 fully saturated rings. The molecule has 1 aliphatic carbocycles. The SMILES string of the molecule is CCC(C)c1ccc(NC(=O)COC(=O)c2ccccc2C(=O)N(C)C2CCCCC2)cc1. The number of esters is 1. The standard InChI is InChI=1S/C27H34N2O4/c1-4-19(2)20-14-16-21(17-15-20)28-25(30)18-33-27(32)24-13-9-8-12-23(24)26(31)29(3)22-10-6-5-7-11-22/h8-9,12-17,19,22H,4-7,10-11,18H2,1-3H3,(H,28,30). The molecule has 6 heteroatoms. The van der Waals surface area contributed by atoms with E-state index in [1.807, 2.05) is 24.3 Å². The summed E-state index contributed by atoms with van der Waals surface area (Å²) in [6.07, 6.45) is 6.43. The van der Waals surface area contributed by atoms with Gasteiger partial charge in [-0.15, -0.1) is 0 Å². The van der Waals surface area contributed by atoms with E-state index >= 15 is 0 Å². The van der Waals surface area contributed by atoms with Crippen molar-refractivity contribution in [3.63, 3.8) is 0 Å². The predicted octanol–water partition coefficient (Wildman–Crippen LogP) is 5.40. The minimum absolute atomic E-state index is 0.177.